The van der Waals surface area contributed by atoms with Crippen molar-refractivity contribution in [3.8, 4) is 0 Å². The van der Waals surface area contributed by atoms with Gasteiger partial charge in [0.15, 0.2) is 0 Å². The summed E-state index contributed by atoms with van der Waals surface area (Å²) >= 11 is 0. The van der Waals surface area contributed by atoms with Crippen LogP contribution in [0.5, 0.6) is 0 Å². The van der Waals surface area contributed by atoms with E-state index in [-0.39, 0.29) is 0 Å². The second-order valence-electron chi connectivity index (χ2n) is 2.07. The van der Waals surface area contributed by atoms with Gasteiger partial charge in [0.05, 0.1) is 0 Å². The molecule has 0 amide bonds. The van der Waals surface area contributed by atoms with Crippen LogP contribution in [0.25, 0.3) is 0 Å². The molecule has 0 aromatic heterocycles. The average molecular weight is 128 g/mol. The molecule has 0 unspecified atom stereocenters. The summed E-state index contributed by atoms with van der Waals surface area (Å²) in [7, 11) is 0. The molecule has 9 heavy (non-hydrogen) atoms. The third kappa shape index (κ3) is 5.37. The van der Waals surface area contributed by atoms with E-state index in [0.717, 1.165) is 25.1 Å². The lowest BCUT2D eigenvalue weighted by Crippen LogP contribution is -2.21. The maximum absolute atomic E-state index is 5.27. The number of nitrogens with one attached hydrogen (secondary N) is 1. The van der Waals surface area contributed by atoms with Gasteiger partial charge in [-0.15, -0.1) is 0 Å². The van der Waals surface area contributed by atoms with E-state index in [1.54, 1.807) is 0 Å². The fourth-order valence-corrected chi connectivity index (χ4v) is 0.639. The van der Waals surface area contributed by atoms with Gasteiger partial charge in [0, 0.05) is 18.8 Å². The average Bonchev–Trinajstić information content (AvgIpc) is 1.85. The van der Waals surface area contributed by atoms with Gasteiger partial charge in [-0.1, -0.05) is 19.9 Å². The largest absolute Gasteiger partial charge is 0.388 e. The Morgan fingerprint density at radius 3 is 2.78 bits per heavy atom. The maximum Gasteiger partial charge on any atom is 0.0266 e. The summed E-state index contributed by atoms with van der Waals surface area (Å²) in [5.74, 6) is 0. The smallest absolute Gasteiger partial charge is 0.0266 e. The SMILES string of the molecule is C=C(CCC)NCCN. The number of nitrogens with two attached hydrogens (primary N) is 1. The molecule has 2 heteroatoms. The fourth-order valence-electron chi connectivity index (χ4n) is 0.639. The zero-order valence-corrected chi connectivity index (χ0v) is 6.11. The Bertz CT molecular complexity index is 79.0. The van der Waals surface area contributed by atoms with Gasteiger partial charge in [0.1, 0.15) is 0 Å². The predicted octanol–water partition coefficient (Wildman–Crippen LogP) is 0.849. The molecule has 0 atom stereocenters. The van der Waals surface area contributed by atoms with Crippen molar-refractivity contribution in [3.63, 3.8) is 0 Å². The maximum atomic E-state index is 5.27. The van der Waals surface area contributed by atoms with Crippen molar-refractivity contribution in [2.75, 3.05) is 13.1 Å². The van der Waals surface area contributed by atoms with Crippen molar-refractivity contribution in [3.05, 3.63) is 12.3 Å². The van der Waals surface area contributed by atoms with E-state index in [1.807, 2.05) is 0 Å². The minimum atomic E-state index is 0.683. The zero-order valence-electron chi connectivity index (χ0n) is 6.11. The molecule has 0 aliphatic carbocycles. The predicted molar refractivity (Wildman–Crippen MR) is 41.1 cm³/mol. The highest BCUT2D eigenvalue weighted by molar-refractivity contribution is 4.89. The molecule has 3 N–H and O–H groups in total. The molecule has 2 nitrogen and oxygen atoms in total. The number of rotatable bonds is 5. The van der Waals surface area contributed by atoms with Crippen LogP contribution in [0.1, 0.15) is 19.8 Å². The van der Waals surface area contributed by atoms with Crippen LogP contribution in [0.4, 0.5) is 0 Å². The molecule has 0 saturated heterocycles. The van der Waals surface area contributed by atoms with Crippen molar-refractivity contribution >= 4 is 0 Å². The first kappa shape index (κ1) is 8.50. The topological polar surface area (TPSA) is 38.0 Å². The van der Waals surface area contributed by atoms with Crippen molar-refractivity contribution < 1.29 is 0 Å². The molecule has 54 valence electrons. The van der Waals surface area contributed by atoms with Crippen LogP contribution in [0.3, 0.4) is 0 Å². The van der Waals surface area contributed by atoms with Crippen LogP contribution in [-0.4, -0.2) is 13.1 Å². The molecule has 0 rings (SSSR count). The molecule has 0 aromatic carbocycles. The first-order valence-corrected chi connectivity index (χ1v) is 3.43. The Morgan fingerprint density at radius 1 is 1.67 bits per heavy atom. The Morgan fingerprint density at radius 2 is 2.33 bits per heavy atom. The molecular formula is C7H16N2. The standard InChI is InChI=1S/C7H16N2/c1-3-4-7(2)9-6-5-8/h9H,2-6,8H2,1H3. The van der Waals surface area contributed by atoms with E-state index < -0.39 is 0 Å². The fraction of sp³-hybridized carbons (Fsp3) is 0.714. The van der Waals surface area contributed by atoms with E-state index >= 15 is 0 Å². The van der Waals surface area contributed by atoms with Crippen LogP contribution in [0.2, 0.25) is 0 Å². The Balaban J connectivity index is 3.06. The van der Waals surface area contributed by atoms with Gasteiger partial charge in [-0.3, -0.25) is 0 Å². The minimum absolute atomic E-state index is 0.683. The minimum Gasteiger partial charge on any atom is -0.388 e. The highest BCUT2D eigenvalue weighted by Gasteiger charge is 1.87. The van der Waals surface area contributed by atoms with Crippen LogP contribution < -0.4 is 11.1 Å². The molecule has 0 aromatic rings. The lowest BCUT2D eigenvalue weighted by Gasteiger charge is -2.05. The van der Waals surface area contributed by atoms with Crippen molar-refractivity contribution in [1.82, 2.24) is 5.32 Å². The summed E-state index contributed by atoms with van der Waals surface area (Å²) in [6, 6.07) is 0. The Labute approximate surface area is 57.1 Å². The highest BCUT2D eigenvalue weighted by atomic mass is 14.9. The molecule has 0 saturated carbocycles. The van der Waals surface area contributed by atoms with Gasteiger partial charge in [0.25, 0.3) is 0 Å². The second-order valence-corrected chi connectivity index (χ2v) is 2.07. The monoisotopic (exact) mass is 128 g/mol. The van der Waals surface area contributed by atoms with Crippen LogP contribution in [0.15, 0.2) is 12.3 Å². The summed E-state index contributed by atoms with van der Waals surface area (Å²) < 4.78 is 0. The summed E-state index contributed by atoms with van der Waals surface area (Å²) in [6.07, 6.45) is 2.20. The molecule has 0 radical (unpaired) electrons. The summed E-state index contributed by atoms with van der Waals surface area (Å²) in [4.78, 5) is 0. The van der Waals surface area contributed by atoms with Crippen molar-refractivity contribution in [2.45, 2.75) is 19.8 Å². The third-order valence-corrected chi connectivity index (χ3v) is 1.07. The van der Waals surface area contributed by atoms with Gasteiger partial charge >= 0.3 is 0 Å². The van der Waals surface area contributed by atoms with Crippen molar-refractivity contribution in [1.29, 1.82) is 0 Å². The van der Waals surface area contributed by atoms with Crippen LogP contribution >= 0.6 is 0 Å². The summed E-state index contributed by atoms with van der Waals surface area (Å²) in [5, 5.41) is 3.11. The molecular weight excluding hydrogens is 112 g/mol. The van der Waals surface area contributed by atoms with Gasteiger partial charge in [-0.05, 0) is 6.42 Å². The van der Waals surface area contributed by atoms with E-state index in [2.05, 4.69) is 18.8 Å². The van der Waals surface area contributed by atoms with Gasteiger partial charge in [-0.2, -0.15) is 0 Å². The van der Waals surface area contributed by atoms with Gasteiger partial charge in [0.2, 0.25) is 0 Å². The Kier molecular flexibility index (Phi) is 5.32. The van der Waals surface area contributed by atoms with E-state index in [1.165, 1.54) is 0 Å². The lowest BCUT2D eigenvalue weighted by atomic mass is 10.3. The van der Waals surface area contributed by atoms with Gasteiger partial charge < -0.3 is 11.1 Å². The second kappa shape index (κ2) is 5.63. The number of hydrogen-bond acceptors (Lipinski definition) is 2. The van der Waals surface area contributed by atoms with E-state index in [9.17, 15) is 0 Å². The van der Waals surface area contributed by atoms with E-state index in [4.69, 9.17) is 5.73 Å². The van der Waals surface area contributed by atoms with Crippen molar-refractivity contribution in [2.24, 2.45) is 5.73 Å². The first-order valence-electron chi connectivity index (χ1n) is 3.43. The Hall–Kier alpha value is -0.500. The zero-order chi connectivity index (χ0) is 7.11. The molecule has 0 aliphatic heterocycles. The number of hydrogen-bond donors (Lipinski definition) is 2. The molecule has 0 aliphatic rings. The summed E-state index contributed by atoms with van der Waals surface area (Å²) in [5.41, 5.74) is 6.37. The normalized spacial score (nSPS) is 9.11. The molecule has 0 bridgehead atoms. The van der Waals surface area contributed by atoms with Gasteiger partial charge in [-0.25, -0.2) is 0 Å². The quantitative estimate of drug-likeness (QED) is 0.576. The van der Waals surface area contributed by atoms with Crippen LogP contribution in [-0.2, 0) is 0 Å². The summed E-state index contributed by atoms with van der Waals surface area (Å²) in [6.45, 7) is 7.48. The number of allylic oxidation sites excluding steroid dienone is 1. The molecule has 0 fully saturated rings. The molecule has 0 spiro atoms. The third-order valence-electron chi connectivity index (χ3n) is 1.07. The van der Waals surface area contributed by atoms with E-state index in [0.29, 0.717) is 6.54 Å². The molecule has 0 heterocycles. The lowest BCUT2D eigenvalue weighted by molar-refractivity contribution is 0.738. The first-order chi connectivity index (χ1) is 4.31. The van der Waals surface area contributed by atoms with Crippen LogP contribution in [0, 0.1) is 0 Å². The highest BCUT2D eigenvalue weighted by Crippen LogP contribution is 1.94.